The summed E-state index contributed by atoms with van der Waals surface area (Å²) in [5.74, 6) is -0.646. The Morgan fingerprint density at radius 2 is 1.80 bits per heavy atom. The van der Waals surface area contributed by atoms with Crippen LogP contribution in [-0.4, -0.2) is 99.2 Å². The maximum absolute atomic E-state index is 13.9. The van der Waals surface area contributed by atoms with Crippen molar-refractivity contribution in [1.82, 2.24) is 30.3 Å². The number of hydrogen-bond acceptors (Lipinski definition) is 11. The molecular formula is C33H40N10O6. The van der Waals surface area contributed by atoms with Crippen molar-refractivity contribution in [3.05, 3.63) is 60.8 Å². The Bertz CT molecular complexity index is 1820. The van der Waals surface area contributed by atoms with E-state index in [0.29, 0.717) is 48.6 Å². The molecule has 6 rings (SSSR count). The Kier molecular flexibility index (Phi) is 9.49. The molecule has 0 bridgehead atoms. The van der Waals surface area contributed by atoms with E-state index in [-0.39, 0.29) is 23.3 Å². The van der Waals surface area contributed by atoms with Crippen LogP contribution in [0.15, 0.2) is 55.1 Å². The van der Waals surface area contributed by atoms with Crippen molar-refractivity contribution in [3.8, 4) is 0 Å². The lowest BCUT2D eigenvalue weighted by Gasteiger charge is -2.44. The van der Waals surface area contributed by atoms with Gasteiger partial charge >= 0.3 is 12.2 Å². The van der Waals surface area contributed by atoms with Crippen molar-refractivity contribution in [2.45, 2.75) is 45.4 Å². The molecule has 2 fully saturated rings. The highest BCUT2D eigenvalue weighted by Gasteiger charge is 2.39. The van der Waals surface area contributed by atoms with Crippen LogP contribution in [-0.2, 0) is 9.47 Å². The van der Waals surface area contributed by atoms with Gasteiger partial charge in [-0.3, -0.25) is 15.1 Å². The highest BCUT2D eigenvalue weighted by molar-refractivity contribution is 6.11. The molecule has 3 amide bonds. The van der Waals surface area contributed by atoms with Gasteiger partial charge in [0.25, 0.3) is 5.91 Å². The van der Waals surface area contributed by atoms with Crippen LogP contribution < -0.4 is 25.8 Å². The van der Waals surface area contributed by atoms with Gasteiger partial charge < -0.3 is 35.0 Å². The molecule has 0 spiro atoms. The largest absolute Gasteiger partial charge is 0.465 e. The second-order valence-corrected chi connectivity index (χ2v) is 13.1. The first-order valence-corrected chi connectivity index (χ1v) is 16.1. The van der Waals surface area contributed by atoms with Crippen molar-refractivity contribution >= 4 is 51.7 Å². The van der Waals surface area contributed by atoms with E-state index >= 15 is 0 Å². The first-order chi connectivity index (χ1) is 23.4. The van der Waals surface area contributed by atoms with Crippen LogP contribution in [0.5, 0.6) is 0 Å². The Morgan fingerprint density at radius 3 is 2.51 bits per heavy atom. The normalized spacial score (nSPS) is 19.7. The van der Waals surface area contributed by atoms with Crippen molar-refractivity contribution in [2.75, 3.05) is 59.8 Å². The van der Waals surface area contributed by atoms with Crippen LogP contribution in [0, 0.1) is 5.92 Å². The number of nitrogens with zero attached hydrogens (tertiary/aromatic N) is 7. The standard InChI is InChI=1S/C33H40N10O6/c1-20-18-42(19-26(29(20)43-10-9-35-40-43)39-32(47)49-33(2,3)4)27-7-8-34-17-25(27)37-30(44)28-24(38-31(45)46)15-21-5-6-22(16-23(21)36-28)41-11-13-48-14-12-41/h5-10,15-17,20,26,29,38H,11-14,18-19H2,1-4H3,(H,37,44)(H,39,47)(H,45,46)/t20-,26+,29-/m0/s1. The first kappa shape index (κ1) is 33.4. The Hall–Kier alpha value is -5.51. The summed E-state index contributed by atoms with van der Waals surface area (Å²) < 4.78 is 12.8. The number of aromatic nitrogens is 5. The molecule has 16 nitrogen and oxygen atoms in total. The number of hydrogen-bond donors (Lipinski definition) is 4. The van der Waals surface area contributed by atoms with Gasteiger partial charge in [0.05, 0.1) is 60.3 Å². The molecule has 2 aliphatic heterocycles. The van der Waals surface area contributed by atoms with E-state index in [1.54, 1.807) is 56.2 Å². The maximum Gasteiger partial charge on any atom is 0.409 e. The van der Waals surface area contributed by atoms with Gasteiger partial charge in [-0.1, -0.05) is 18.2 Å². The van der Waals surface area contributed by atoms with E-state index in [2.05, 4.69) is 53.0 Å². The topological polar surface area (TPSA) is 189 Å². The molecule has 49 heavy (non-hydrogen) atoms. The third kappa shape index (κ3) is 7.80. The highest BCUT2D eigenvalue weighted by Crippen LogP contribution is 2.35. The van der Waals surface area contributed by atoms with Crippen LogP contribution in [0.3, 0.4) is 0 Å². The molecule has 0 radical (unpaired) electrons. The van der Waals surface area contributed by atoms with Crippen molar-refractivity contribution in [3.63, 3.8) is 0 Å². The summed E-state index contributed by atoms with van der Waals surface area (Å²) >= 11 is 0. The molecular weight excluding hydrogens is 632 g/mol. The number of ether oxygens (including phenoxy) is 2. The van der Waals surface area contributed by atoms with Crippen LogP contribution >= 0.6 is 0 Å². The molecule has 4 aromatic rings. The summed E-state index contributed by atoms with van der Waals surface area (Å²) in [6.07, 6.45) is 4.63. The Balaban J connectivity index is 1.29. The van der Waals surface area contributed by atoms with E-state index < -0.39 is 29.7 Å². The number of pyridine rings is 2. The van der Waals surface area contributed by atoms with Gasteiger partial charge in [0.1, 0.15) is 5.60 Å². The zero-order valence-electron chi connectivity index (χ0n) is 27.8. The van der Waals surface area contributed by atoms with Gasteiger partial charge in [0.2, 0.25) is 0 Å². The number of carboxylic acid groups (broad SMARTS) is 1. The molecule has 0 saturated carbocycles. The van der Waals surface area contributed by atoms with Crippen LogP contribution in [0.1, 0.15) is 44.2 Å². The lowest BCUT2D eigenvalue weighted by atomic mass is 9.89. The van der Waals surface area contributed by atoms with Crippen molar-refractivity contribution in [1.29, 1.82) is 0 Å². The number of carbonyl (C=O) groups is 3. The van der Waals surface area contributed by atoms with E-state index in [1.807, 2.05) is 18.2 Å². The van der Waals surface area contributed by atoms with Crippen LogP contribution in [0.25, 0.3) is 10.9 Å². The van der Waals surface area contributed by atoms with Gasteiger partial charge in [-0.05, 0) is 51.0 Å². The fourth-order valence-electron chi connectivity index (χ4n) is 6.38. The van der Waals surface area contributed by atoms with Gasteiger partial charge in [0, 0.05) is 49.6 Å². The average molecular weight is 673 g/mol. The average Bonchev–Trinajstić information content (AvgIpc) is 3.58. The van der Waals surface area contributed by atoms with E-state index in [9.17, 15) is 19.5 Å². The molecule has 2 aliphatic rings. The van der Waals surface area contributed by atoms with Crippen molar-refractivity contribution < 1.29 is 29.0 Å². The Morgan fingerprint density at radius 1 is 1.00 bits per heavy atom. The number of anilines is 4. The molecule has 0 unspecified atom stereocenters. The predicted molar refractivity (Wildman–Crippen MR) is 182 cm³/mol. The zero-order valence-corrected chi connectivity index (χ0v) is 27.8. The minimum Gasteiger partial charge on any atom is -0.465 e. The summed E-state index contributed by atoms with van der Waals surface area (Å²) in [6.45, 7) is 11.0. The number of carbonyl (C=O) groups excluding carboxylic acids is 2. The predicted octanol–water partition coefficient (Wildman–Crippen LogP) is 3.99. The minimum atomic E-state index is -1.32. The molecule has 16 heteroatoms. The second-order valence-electron chi connectivity index (χ2n) is 13.1. The number of nitrogens with one attached hydrogen (secondary N) is 3. The SMILES string of the molecule is C[C@H]1CN(c2ccncc2NC(=O)c2nc3cc(N4CCOCC4)ccc3cc2NC(=O)O)C[C@@H](NC(=O)OC(C)(C)C)[C@H]1n1ccnn1. The molecule has 4 N–H and O–H groups in total. The van der Waals surface area contributed by atoms with Crippen molar-refractivity contribution in [2.24, 2.45) is 5.92 Å². The third-order valence-electron chi connectivity index (χ3n) is 8.39. The molecule has 1 aromatic carbocycles. The summed E-state index contributed by atoms with van der Waals surface area (Å²) in [4.78, 5) is 51.7. The second kappa shape index (κ2) is 13.9. The molecule has 3 aromatic heterocycles. The third-order valence-corrected chi connectivity index (χ3v) is 8.39. The monoisotopic (exact) mass is 672 g/mol. The van der Waals surface area contributed by atoms with Crippen LogP contribution in [0.2, 0.25) is 0 Å². The minimum absolute atomic E-state index is 0.0266. The van der Waals surface area contributed by atoms with Gasteiger partial charge in [-0.25, -0.2) is 19.3 Å². The summed E-state index contributed by atoms with van der Waals surface area (Å²) in [7, 11) is 0. The summed E-state index contributed by atoms with van der Waals surface area (Å²) in [5, 5.41) is 26.7. The van der Waals surface area contributed by atoms with E-state index in [1.165, 1.54) is 6.20 Å². The number of alkyl carbamates (subject to hydrolysis) is 1. The smallest absolute Gasteiger partial charge is 0.409 e. The quantitative estimate of drug-likeness (QED) is 0.221. The fourth-order valence-corrected chi connectivity index (χ4v) is 6.38. The first-order valence-electron chi connectivity index (χ1n) is 16.1. The van der Waals surface area contributed by atoms with E-state index in [4.69, 9.17) is 9.47 Å². The molecule has 2 saturated heterocycles. The van der Waals surface area contributed by atoms with Gasteiger partial charge in [-0.15, -0.1) is 5.10 Å². The van der Waals surface area contributed by atoms with E-state index in [0.717, 1.165) is 18.8 Å². The lowest BCUT2D eigenvalue weighted by molar-refractivity contribution is 0.0465. The zero-order chi connectivity index (χ0) is 34.7. The molecule has 258 valence electrons. The van der Waals surface area contributed by atoms with Gasteiger partial charge in [-0.2, -0.15) is 0 Å². The molecule has 5 heterocycles. The Labute approximate surface area is 282 Å². The number of piperidine rings is 1. The summed E-state index contributed by atoms with van der Waals surface area (Å²) in [5.41, 5.74) is 1.78. The number of amides is 3. The highest BCUT2D eigenvalue weighted by atomic mass is 16.6. The number of fused-ring (bicyclic) bond motifs is 1. The summed E-state index contributed by atoms with van der Waals surface area (Å²) in [6, 6.07) is 8.40. The fraction of sp³-hybridized carbons (Fsp3) is 0.424. The maximum atomic E-state index is 13.9. The molecule has 3 atom stereocenters. The lowest BCUT2D eigenvalue weighted by Crippen LogP contribution is -2.57. The van der Waals surface area contributed by atoms with Crippen LogP contribution in [0.4, 0.5) is 32.3 Å². The number of benzene rings is 1. The number of morpholine rings is 1. The number of rotatable bonds is 7. The van der Waals surface area contributed by atoms with Gasteiger partial charge in [0.15, 0.2) is 5.69 Å². The molecule has 0 aliphatic carbocycles.